The second kappa shape index (κ2) is 1.86. The Morgan fingerprint density at radius 3 is 2.71 bits per heavy atom. The Morgan fingerprint density at radius 2 is 2.57 bits per heavy atom. The van der Waals surface area contributed by atoms with E-state index in [0.717, 1.165) is 11.8 Å². The summed E-state index contributed by atoms with van der Waals surface area (Å²) in [4.78, 5) is 4.20. The average Bonchev–Trinajstić information content (AvgIpc) is 1.87. The second-order valence-electron chi connectivity index (χ2n) is 1.79. The van der Waals surface area contributed by atoms with Crippen LogP contribution in [-0.2, 0) is 0 Å². The predicted molar refractivity (Wildman–Crippen MR) is 35.0 cm³/mol. The van der Waals surface area contributed by atoms with Gasteiger partial charge in [0.25, 0.3) is 0 Å². The molecule has 2 heteroatoms. The molecule has 0 amide bonds. The third kappa shape index (κ3) is 1.20. The summed E-state index contributed by atoms with van der Waals surface area (Å²) >= 11 is 1.87. The summed E-state index contributed by atoms with van der Waals surface area (Å²) in [6.07, 6.45) is 0. The van der Waals surface area contributed by atoms with Crippen LogP contribution in [0.4, 0.5) is 0 Å². The zero-order chi connectivity index (χ0) is 5.28. The molecule has 0 spiro atoms. The molecule has 0 bridgehead atoms. The molecular formula is C5H9NS. The lowest BCUT2D eigenvalue weighted by Gasteiger charge is -1.92. The van der Waals surface area contributed by atoms with Gasteiger partial charge in [-0.1, -0.05) is 6.92 Å². The van der Waals surface area contributed by atoms with Gasteiger partial charge in [-0.25, -0.2) is 0 Å². The van der Waals surface area contributed by atoms with Crippen molar-refractivity contribution in [3.8, 4) is 0 Å². The van der Waals surface area contributed by atoms with E-state index in [1.807, 2.05) is 11.8 Å². The highest BCUT2D eigenvalue weighted by Crippen LogP contribution is 2.18. The molecule has 0 saturated heterocycles. The fourth-order valence-electron chi connectivity index (χ4n) is 0.623. The normalized spacial score (nSPS) is 30.6. The van der Waals surface area contributed by atoms with Gasteiger partial charge < -0.3 is 0 Å². The van der Waals surface area contributed by atoms with Crippen LogP contribution in [0.3, 0.4) is 0 Å². The van der Waals surface area contributed by atoms with E-state index >= 15 is 0 Å². The van der Waals surface area contributed by atoms with Crippen LogP contribution in [-0.4, -0.2) is 16.8 Å². The van der Waals surface area contributed by atoms with Gasteiger partial charge in [0.2, 0.25) is 0 Å². The van der Waals surface area contributed by atoms with E-state index in [0.29, 0.717) is 0 Å². The number of hydrogen-bond acceptors (Lipinski definition) is 2. The average molecular weight is 115 g/mol. The number of nitrogens with zero attached hydrogens (tertiary/aromatic N) is 1. The highest BCUT2D eigenvalue weighted by molar-refractivity contribution is 8.14. The molecule has 0 N–H and O–H groups in total. The van der Waals surface area contributed by atoms with Crippen LogP contribution in [0.5, 0.6) is 0 Å². The van der Waals surface area contributed by atoms with Crippen LogP contribution >= 0.6 is 11.8 Å². The second-order valence-corrected chi connectivity index (χ2v) is 3.42. The van der Waals surface area contributed by atoms with Gasteiger partial charge in [-0.3, -0.25) is 4.99 Å². The summed E-state index contributed by atoms with van der Waals surface area (Å²) in [5, 5.41) is 1.98. The first-order chi connectivity index (χ1) is 3.29. The molecule has 1 aliphatic heterocycles. The largest absolute Gasteiger partial charge is 0.282 e. The lowest BCUT2D eigenvalue weighted by atomic mass is 10.5. The smallest absolute Gasteiger partial charge is 0.0648 e. The molecule has 0 saturated carbocycles. The predicted octanol–water partition coefficient (Wildman–Crippen LogP) is 1.54. The van der Waals surface area contributed by atoms with Gasteiger partial charge in [0, 0.05) is 5.25 Å². The van der Waals surface area contributed by atoms with Gasteiger partial charge in [0.15, 0.2) is 0 Å². The standard InChI is InChI=1S/C5H9NS/c1-4-3-6-5(2)7-4/h4H,3H2,1-2H3/t4-/m1/s1. The Kier molecular flexibility index (Phi) is 1.38. The zero-order valence-corrected chi connectivity index (χ0v) is 5.46. The summed E-state index contributed by atoms with van der Waals surface area (Å²) in [5.74, 6) is 0. The molecule has 1 heterocycles. The SMILES string of the molecule is CC1=NC[C@@H](C)S1. The summed E-state index contributed by atoms with van der Waals surface area (Å²) < 4.78 is 0. The Hall–Kier alpha value is 0.0200. The van der Waals surface area contributed by atoms with E-state index in [1.165, 1.54) is 5.04 Å². The number of rotatable bonds is 0. The fourth-order valence-corrected chi connectivity index (χ4v) is 1.50. The van der Waals surface area contributed by atoms with E-state index in [9.17, 15) is 0 Å². The van der Waals surface area contributed by atoms with Crippen molar-refractivity contribution in [1.82, 2.24) is 0 Å². The van der Waals surface area contributed by atoms with Crippen LogP contribution in [0.25, 0.3) is 0 Å². The highest BCUT2D eigenvalue weighted by Gasteiger charge is 2.09. The van der Waals surface area contributed by atoms with Gasteiger partial charge >= 0.3 is 0 Å². The maximum absolute atomic E-state index is 4.20. The monoisotopic (exact) mass is 115 g/mol. The third-order valence-electron chi connectivity index (χ3n) is 0.943. The van der Waals surface area contributed by atoms with Crippen LogP contribution in [0.2, 0.25) is 0 Å². The molecule has 7 heavy (non-hydrogen) atoms. The van der Waals surface area contributed by atoms with Crippen molar-refractivity contribution in [3.05, 3.63) is 0 Å². The number of thioether (sulfide) groups is 1. The minimum Gasteiger partial charge on any atom is -0.282 e. The summed E-state index contributed by atoms with van der Waals surface area (Å²) in [5.41, 5.74) is 0. The lowest BCUT2D eigenvalue weighted by molar-refractivity contribution is 0.976. The first kappa shape index (κ1) is 5.16. The van der Waals surface area contributed by atoms with Gasteiger partial charge in [-0.15, -0.1) is 11.8 Å². The Morgan fingerprint density at radius 1 is 1.86 bits per heavy atom. The maximum atomic E-state index is 4.20. The Labute approximate surface area is 48.2 Å². The molecule has 1 aliphatic rings. The third-order valence-corrected chi connectivity index (χ3v) is 1.96. The highest BCUT2D eigenvalue weighted by atomic mass is 32.2. The molecule has 1 atom stereocenters. The van der Waals surface area contributed by atoms with E-state index in [2.05, 4.69) is 18.8 Å². The summed E-state index contributed by atoms with van der Waals surface area (Å²) in [6.45, 7) is 5.29. The maximum Gasteiger partial charge on any atom is 0.0648 e. The van der Waals surface area contributed by atoms with E-state index < -0.39 is 0 Å². The Balaban J connectivity index is 2.42. The molecule has 0 fully saturated rings. The molecule has 0 aliphatic carbocycles. The summed E-state index contributed by atoms with van der Waals surface area (Å²) in [7, 11) is 0. The molecule has 0 unspecified atom stereocenters. The minimum absolute atomic E-state index is 0.736. The zero-order valence-electron chi connectivity index (χ0n) is 4.64. The van der Waals surface area contributed by atoms with Crippen LogP contribution in [0, 0.1) is 0 Å². The van der Waals surface area contributed by atoms with Crippen LogP contribution < -0.4 is 0 Å². The van der Waals surface area contributed by atoms with Gasteiger partial charge in [-0.2, -0.15) is 0 Å². The first-order valence-electron chi connectivity index (χ1n) is 2.47. The Bertz CT molecular complexity index is 98.3. The van der Waals surface area contributed by atoms with Gasteiger partial charge in [0.05, 0.1) is 11.6 Å². The van der Waals surface area contributed by atoms with Crippen molar-refractivity contribution < 1.29 is 0 Å². The van der Waals surface area contributed by atoms with Crippen LogP contribution in [0.15, 0.2) is 4.99 Å². The van der Waals surface area contributed by atoms with Gasteiger partial charge in [-0.05, 0) is 6.92 Å². The van der Waals surface area contributed by atoms with Crippen molar-refractivity contribution in [3.63, 3.8) is 0 Å². The molecule has 0 aromatic carbocycles. The number of aliphatic imine (C=N–C) groups is 1. The van der Waals surface area contributed by atoms with Crippen molar-refractivity contribution in [2.24, 2.45) is 4.99 Å². The van der Waals surface area contributed by atoms with E-state index in [-0.39, 0.29) is 0 Å². The lowest BCUT2D eigenvalue weighted by Crippen LogP contribution is -1.92. The molecule has 1 rings (SSSR count). The van der Waals surface area contributed by atoms with Crippen molar-refractivity contribution in [2.45, 2.75) is 19.1 Å². The molecule has 1 nitrogen and oxygen atoms in total. The summed E-state index contributed by atoms with van der Waals surface area (Å²) in [6, 6.07) is 0. The molecule has 40 valence electrons. The quantitative estimate of drug-likeness (QED) is 0.466. The minimum atomic E-state index is 0.736. The van der Waals surface area contributed by atoms with Crippen molar-refractivity contribution in [2.75, 3.05) is 6.54 Å². The van der Waals surface area contributed by atoms with E-state index in [4.69, 9.17) is 0 Å². The number of hydrogen-bond donors (Lipinski definition) is 0. The molecular weight excluding hydrogens is 106 g/mol. The molecule has 0 aromatic heterocycles. The van der Waals surface area contributed by atoms with Crippen molar-refractivity contribution in [1.29, 1.82) is 0 Å². The topological polar surface area (TPSA) is 12.4 Å². The molecule has 0 aromatic rings. The first-order valence-corrected chi connectivity index (χ1v) is 3.34. The van der Waals surface area contributed by atoms with Gasteiger partial charge in [0.1, 0.15) is 0 Å². The van der Waals surface area contributed by atoms with Crippen molar-refractivity contribution >= 4 is 16.8 Å². The fraction of sp³-hybridized carbons (Fsp3) is 0.800. The van der Waals surface area contributed by atoms with E-state index in [1.54, 1.807) is 0 Å². The molecule has 0 radical (unpaired) electrons. The van der Waals surface area contributed by atoms with Crippen LogP contribution in [0.1, 0.15) is 13.8 Å².